The van der Waals surface area contributed by atoms with Gasteiger partial charge in [0.2, 0.25) is 0 Å². The lowest BCUT2D eigenvalue weighted by Gasteiger charge is -2.11. The fourth-order valence-corrected chi connectivity index (χ4v) is 22.0. The zero-order valence-electron chi connectivity index (χ0n) is 73.4. The molecule has 0 N–H and O–H groups in total. The molecule has 138 heavy (non-hydrogen) atoms. The van der Waals surface area contributed by atoms with E-state index in [0.717, 1.165) is 177 Å². The molecule has 0 amide bonds. The molecule has 17 aromatic carbocycles. The van der Waals surface area contributed by atoms with Crippen LogP contribution in [-0.4, -0.2) is 81.7 Å². The van der Waals surface area contributed by atoms with Crippen LogP contribution in [0.15, 0.2) is 419 Å². The Morgan fingerprint density at radius 2 is 0.478 bits per heavy atom. The summed E-state index contributed by atoms with van der Waals surface area (Å²) in [6.07, 6.45) is 7.47. The van der Waals surface area contributed by atoms with E-state index in [9.17, 15) is 0 Å². The summed E-state index contributed by atoms with van der Waals surface area (Å²) >= 11 is 0. The Kier molecular flexibility index (Phi) is 16.0. The molecule has 0 spiro atoms. The highest BCUT2D eigenvalue weighted by molar-refractivity contribution is 6.30. The summed E-state index contributed by atoms with van der Waals surface area (Å²) in [5.41, 5.74) is 35.2. The van der Waals surface area contributed by atoms with Gasteiger partial charge in [-0.05, 0) is 168 Å². The first-order valence-corrected chi connectivity index (χ1v) is 46.3. The van der Waals surface area contributed by atoms with E-state index in [4.69, 9.17) is 44.9 Å². The predicted molar refractivity (Wildman–Crippen MR) is 562 cm³/mol. The van der Waals surface area contributed by atoms with E-state index in [2.05, 4.69) is 286 Å². The quantitative estimate of drug-likeness (QED) is 0.142. The van der Waals surface area contributed by atoms with Gasteiger partial charge in [-0.1, -0.05) is 243 Å². The molecular weight excluding hydrogens is 1690 g/mol. The summed E-state index contributed by atoms with van der Waals surface area (Å²) in [5, 5.41) is 18.0. The molecule has 0 fully saturated rings. The van der Waals surface area contributed by atoms with Crippen LogP contribution in [0.5, 0.6) is 0 Å². The largest absolute Gasteiger partial charge is 0.309 e. The highest BCUT2D eigenvalue weighted by Crippen LogP contribution is 2.49. The van der Waals surface area contributed by atoms with Gasteiger partial charge in [-0.2, -0.15) is 0 Å². The van der Waals surface area contributed by atoms with E-state index in [1.165, 1.54) is 92.2 Å². The molecule has 0 unspecified atom stereocenters. The highest BCUT2D eigenvalue weighted by atomic mass is 15.1. The molecule has 0 saturated carbocycles. The Labute approximate surface area is 782 Å². The molecule has 0 bridgehead atoms. The summed E-state index contributed by atoms with van der Waals surface area (Å²) < 4.78 is 14.1. The third-order valence-electron chi connectivity index (χ3n) is 28.1. The Hall–Kier alpha value is -19.1. The number of rotatable bonds is 8. The number of hydrogen-bond donors (Lipinski definition) is 0. The van der Waals surface area contributed by atoms with Crippen LogP contribution in [0.25, 0.3) is 287 Å². The second-order valence-electron chi connectivity index (χ2n) is 35.7. The van der Waals surface area contributed by atoms with Gasteiger partial charge >= 0.3 is 0 Å². The van der Waals surface area contributed by atoms with Crippen LogP contribution >= 0.6 is 0 Å². The van der Waals surface area contributed by atoms with Crippen molar-refractivity contribution in [3.63, 3.8) is 0 Å². The number of aromatic nitrogens is 17. The Balaban J connectivity index is 0.0000000989. The van der Waals surface area contributed by atoms with Gasteiger partial charge in [0.1, 0.15) is 16.6 Å². The van der Waals surface area contributed by atoms with Gasteiger partial charge in [-0.3, -0.25) is 23.2 Å². The van der Waals surface area contributed by atoms with E-state index in [0.29, 0.717) is 17.5 Å². The lowest BCUT2D eigenvalue weighted by molar-refractivity contribution is 1.07. The first kappa shape index (κ1) is 75.5. The van der Waals surface area contributed by atoms with Crippen molar-refractivity contribution in [2.24, 2.45) is 0 Å². The number of fused-ring (bicyclic) bond motifs is 30. The van der Waals surface area contributed by atoms with Crippen LogP contribution in [0.2, 0.25) is 0 Å². The number of pyridine rings is 2. The minimum absolute atomic E-state index is 0.619. The molecule has 17 nitrogen and oxygen atoms in total. The topological polar surface area (TPSA) is 170 Å². The van der Waals surface area contributed by atoms with Crippen LogP contribution in [-0.2, 0) is 0 Å². The van der Waals surface area contributed by atoms with Crippen molar-refractivity contribution >= 4 is 214 Å². The van der Waals surface area contributed by atoms with E-state index in [1.54, 1.807) is 0 Å². The normalized spacial score (nSPS) is 12.2. The van der Waals surface area contributed by atoms with Gasteiger partial charge in [-0.25, -0.2) is 44.9 Å². The molecule has 32 rings (SSSR count). The van der Waals surface area contributed by atoms with E-state index < -0.39 is 0 Å². The van der Waals surface area contributed by atoms with Gasteiger partial charge in [0.15, 0.2) is 34.4 Å². The molecule has 17 heteroatoms. The molecule has 0 atom stereocenters. The minimum Gasteiger partial charge on any atom is -0.309 e. The molecule has 15 aromatic heterocycles. The van der Waals surface area contributed by atoms with Gasteiger partial charge in [0, 0.05) is 145 Å². The molecule has 0 radical (unpaired) electrons. The van der Waals surface area contributed by atoms with Crippen molar-refractivity contribution in [3.8, 4) is 73.5 Å². The molecule has 0 saturated heterocycles. The van der Waals surface area contributed by atoms with Crippen LogP contribution in [0, 0.1) is 0 Å². The summed E-state index contributed by atoms with van der Waals surface area (Å²) in [5.74, 6) is 1.89. The second kappa shape index (κ2) is 29.2. The van der Waals surface area contributed by atoms with Crippen molar-refractivity contribution in [2.45, 2.75) is 0 Å². The van der Waals surface area contributed by atoms with Crippen LogP contribution in [0.3, 0.4) is 0 Å². The lowest BCUT2D eigenvalue weighted by Crippen LogP contribution is -2.01. The molecule has 0 aliphatic carbocycles. The Morgan fingerprint density at radius 1 is 0.159 bits per heavy atom. The monoisotopic (exact) mass is 1760 g/mol. The van der Waals surface area contributed by atoms with Crippen LogP contribution in [0.4, 0.5) is 0 Å². The SMILES string of the molecule is c1ccc(-c2nc(-c3ccccc3)nc(-c3cccc(-n4c5ccccc5c5cc6c7cccc8c9nc%10ccccc%10nc9n(c6cc54)c78)c3)n2)cc1.c1ccc(-n2c3ccccc3c3cc4c5cc(-c6cccnc6)cc6c7nc8ccccc8nc7n(c4cc32)c56)cc1.c1cncc(-c2ccc(-n3c4ccccc4c4cc5c6cccc7c8nc9ccccc9nc8n(c5cc43)c67)cc2)c1. The molecule has 15 heterocycles. The first-order chi connectivity index (χ1) is 68.4. The molecule has 0 aliphatic heterocycles. The van der Waals surface area contributed by atoms with Crippen molar-refractivity contribution < 1.29 is 0 Å². The lowest BCUT2D eigenvalue weighted by atomic mass is 10.0. The maximum Gasteiger partial charge on any atom is 0.165 e. The fourth-order valence-electron chi connectivity index (χ4n) is 22.0. The van der Waals surface area contributed by atoms with Crippen LogP contribution in [0.1, 0.15) is 0 Å². The van der Waals surface area contributed by atoms with Crippen LogP contribution < -0.4 is 0 Å². The predicted octanol–water partition coefficient (Wildman–Crippen LogP) is 28.9. The summed E-state index contributed by atoms with van der Waals surface area (Å²) in [4.78, 5) is 54.6. The van der Waals surface area contributed by atoms with Gasteiger partial charge in [-0.15, -0.1) is 0 Å². The van der Waals surface area contributed by atoms with E-state index >= 15 is 0 Å². The maximum absolute atomic E-state index is 5.21. The van der Waals surface area contributed by atoms with Crippen molar-refractivity contribution in [2.75, 3.05) is 0 Å². The second-order valence-corrected chi connectivity index (χ2v) is 35.7. The molecule has 32 aromatic rings. The number of para-hydroxylation sites is 12. The van der Waals surface area contributed by atoms with Crippen molar-refractivity contribution in [1.29, 1.82) is 0 Å². The zero-order chi connectivity index (χ0) is 90.1. The summed E-state index contributed by atoms with van der Waals surface area (Å²) in [7, 11) is 0. The first-order valence-electron chi connectivity index (χ1n) is 46.3. The zero-order valence-corrected chi connectivity index (χ0v) is 73.4. The molecular formula is C121H69N17. The standard InChI is InChI=1S/C47H27N7.2C37H21N5/c1-3-13-28(14-4-1)44-50-45(29-15-5-2-6-16-29)52-46(51-44)30-17-11-18-31(25-30)53-39-24-10-7-19-32(39)35-26-36-33-20-12-21-34-42-47(49-38-23-9-8-22-37(38)48-42)54(43(33)34)41(36)27-40(35)53;1-4-13-32-25(8-1)28-19-29-26-9-5-10-27-35-37(40-31-12-3-2-11-30(31)39-35)42(36(26)27)34(29)20-33(28)41(32)24-16-14-22(15-17-24)23-7-6-18-38-21-23;1-2-10-24(11-3-1)41-32-15-7-4-12-25(32)26-19-27-28-17-23(22-9-8-16-38-21-22)18-29-35-37(40-31-14-6-5-13-30(31)39-35)42(36(28)29)34(27)20-33(26)41/h1-27H;2*1-21H. The summed E-state index contributed by atoms with van der Waals surface area (Å²) in [6, 6.07) is 138. The highest BCUT2D eigenvalue weighted by Gasteiger charge is 2.29. The third kappa shape index (κ3) is 11.2. The number of nitrogens with zero attached hydrogens (tertiary/aromatic N) is 17. The van der Waals surface area contributed by atoms with Gasteiger partial charge < -0.3 is 13.7 Å². The average molecular weight is 1760 g/mol. The Morgan fingerprint density at radius 3 is 0.928 bits per heavy atom. The third-order valence-corrected chi connectivity index (χ3v) is 28.1. The van der Waals surface area contributed by atoms with E-state index in [-0.39, 0.29) is 0 Å². The molecule has 0 aliphatic rings. The number of hydrogen-bond acceptors (Lipinski definition) is 11. The van der Waals surface area contributed by atoms with Crippen molar-refractivity contribution in [1.82, 2.24) is 81.7 Å². The minimum atomic E-state index is 0.619. The smallest absolute Gasteiger partial charge is 0.165 e. The summed E-state index contributed by atoms with van der Waals surface area (Å²) in [6.45, 7) is 0. The average Bonchev–Trinajstić information content (AvgIpc) is 1.53. The fraction of sp³-hybridized carbons (Fsp3) is 0. The van der Waals surface area contributed by atoms with Gasteiger partial charge in [0.05, 0.1) is 99.3 Å². The number of benzene rings is 17. The van der Waals surface area contributed by atoms with Gasteiger partial charge in [0.25, 0.3) is 0 Å². The van der Waals surface area contributed by atoms with E-state index in [1.807, 2.05) is 170 Å². The molecule has 638 valence electrons. The Bertz CT molecular complexity index is 10600. The van der Waals surface area contributed by atoms with Crippen molar-refractivity contribution in [3.05, 3.63) is 419 Å². The maximum atomic E-state index is 5.21.